The fraction of sp³-hybridized carbons (Fsp3) is 0.900. The van der Waals surface area contributed by atoms with Crippen molar-refractivity contribution in [3.05, 3.63) is 0 Å². The molecule has 1 fully saturated rings. The Morgan fingerprint density at radius 1 is 1.38 bits per heavy atom. The van der Waals surface area contributed by atoms with Crippen LogP contribution in [0.4, 0.5) is 5.95 Å². The zero-order valence-electron chi connectivity index (χ0n) is 10.1. The van der Waals surface area contributed by atoms with Gasteiger partial charge in [0.15, 0.2) is 0 Å². The van der Waals surface area contributed by atoms with Gasteiger partial charge in [0.1, 0.15) is 0 Å². The summed E-state index contributed by atoms with van der Waals surface area (Å²) in [6, 6.07) is 0. The van der Waals surface area contributed by atoms with Crippen molar-refractivity contribution >= 4 is 5.95 Å². The highest BCUT2D eigenvalue weighted by Crippen LogP contribution is 2.19. The van der Waals surface area contributed by atoms with Crippen molar-refractivity contribution in [1.29, 1.82) is 0 Å². The molecule has 90 valence electrons. The Kier molecular flexibility index (Phi) is 3.71. The fourth-order valence-corrected chi connectivity index (χ4v) is 2.18. The first-order valence-corrected chi connectivity index (χ1v) is 5.99. The van der Waals surface area contributed by atoms with Gasteiger partial charge < -0.3 is 10.2 Å². The van der Waals surface area contributed by atoms with Crippen molar-refractivity contribution in [3.63, 3.8) is 0 Å². The Labute approximate surface area is 96.0 Å². The molecule has 0 unspecified atom stereocenters. The van der Waals surface area contributed by atoms with Gasteiger partial charge in [-0.15, -0.1) is 0 Å². The number of rotatable bonds is 4. The van der Waals surface area contributed by atoms with Crippen LogP contribution in [-0.2, 0) is 7.05 Å². The first-order valence-electron chi connectivity index (χ1n) is 5.99. The Morgan fingerprint density at radius 3 is 2.69 bits per heavy atom. The number of tetrazole rings is 1. The molecule has 1 aromatic rings. The number of hydrogen-bond acceptors (Lipinski definition) is 5. The summed E-state index contributed by atoms with van der Waals surface area (Å²) >= 11 is 0. The molecule has 1 saturated heterocycles. The number of aromatic nitrogens is 4. The Morgan fingerprint density at radius 2 is 2.12 bits per heavy atom. The molecular weight excluding hydrogens is 204 g/mol. The third kappa shape index (κ3) is 2.49. The van der Waals surface area contributed by atoms with E-state index in [0.29, 0.717) is 0 Å². The van der Waals surface area contributed by atoms with Crippen LogP contribution < -0.4 is 10.2 Å². The summed E-state index contributed by atoms with van der Waals surface area (Å²) in [5, 5.41) is 15.0. The molecule has 0 saturated carbocycles. The van der Waals surface area contributed by atoms with E-state index in [2.05, 4.69) is 32.7 Å². The summed E-state index contributed by atoms with van der Waals surface area (Å²) in [5.41, 5.74) is 0. The first kappa shape index (κ1) is 11.3. The van der Waals surface area contributed by atoms with Gasteiger partial charge in [0.2, 0.25) is 5.95 Å². The SMILES string of the molecule is CCNCC1CCN(c2nnnn2C)CC1. The number of anilines is 1. The minimum atomic E-state index is 0.803. The van der Waals surface area contributed by atoms with Crippen molar-refractivity contribution < 1.29 is 0 Å². The second kappa shape index (κ2) is 5.25. The summed E-state index contributed by atoms with van der Waals surface area (Å²) < 4.78 is 1.74. The third-order valence-electron chi connectivity index (χ3n) is 3.18. The van der Waals surface area contributed by atoms with E-state index in [0.717, 1.165) is 38.0 Å². The Balaban J connectivity index is 1.83. The number of piperidine rings is 1. The highest BCUT2D eigenvalue weighted by atomic mass is 15.6. The average Bonchev–Trinajstić information content (AvgIpc) is 2.74. The quantitative estimate of drug-likeness (QED) is 0.782. The molecule has 0 atom stereocenters. The van der Waals surface area contributed by atoms with E-state index in [1.807, 2.05) is 7.05 Å². The van der Waals surface area contributed by atoms with E-state index >= 15 is 0 Å². The molecule has 16 heavy (non-hydrogen) atoms. The van der Waals surface area contributed by atoms with Crippen molar-refractivity contribution in [2.45, 2.75) is 19.8 Å². The predicted octanol–water partition coefficient (Wildman–Crippen LogP) is 0.0360. The number of nitrogens with zero attached hydrogens (tertiary/aromatic N) is 5. The van der Waals surface area contributed by atoms with Crippen LogP contribution >= 0.6 is 0 Å². The van der Waals surface area contributed by atoms with Crippen LogP contribution in [0.25, 0.3) is 0 Å². The molecule has 6 nitrogen and oxygen atoms in total. The normalized spacial score (nSPS) is 18.0. The zero-order valence-corrected chi connectivity index (χ0v) is 10.1. The standard InChI is InChI=1S/C10H20N6/c1-3-11-8-9-4-6-16(7-5-9)10-12-13-14-15(10)2/h9,11H,3-8H2,1-2H3. The summed E-state index contributed by atoms with van der Waals surface area (Å²) in [7, 11) is 1.89. The maximum absolute atomic E-state index is 4.04. The molecular formula is C10H20N6. The predicted molar refractivity (Wildman–Crippen MR) is 62.3 cm³/mol. The molecule has 1 aliphatic heterocycles. The molecule has 0 spiro atoms. The van der Waals surface area contributed by atoms with Gasteiger partial charge in [0.05, 0.1) is 0 Å². The van der Waals surface area contributed by atoms with Crippen LogP contribution in [0.1, 0.15) is 19.8 Å². The summed E-state index contributed by atoms with van der Waals surface area (Å²) in [6.45, 7) is 6.48. The molecule has 2 heterocycles. The number of aryl methyl sites for hydroxylation is 1. The van der Waals surface area contributed by atoms with Gasteiger partial charge in [-0.2, -0.15) is 0 Å². The molecule has 6 heteroatoms. The first-order chi connectivity index (χ1) is 7.81. The maximum Gasteiger partial charge on any atom is 0.245 e. The fourth-order valence-electron chi connectivity index (χ4n) is 2.18. The molecule has 0 aromatic carbocycles. The average molecular weight is 224 g/mol. The maximum atomic E-state index is 4.04. The highest BCUT2D eigenvalue weighted by molar-refractivity contribution is 5.28. The summed E-state index contributed by atoms with van der Waals surface area (Å²) in [5.74, 6) is 1.69. The van der Waals surface area contributed by atoms with Crippen LogP contribution in [0.5, 0.6) is 0 Å². The van der Waals surface area contributed by atoms with Gasteiger partial charge in [0, 0.05) is 20.1 Å². The lowest BCUT2D eigenvalue weighted by Crippen LogP contribution is -2.38. The third-order valence-corrected chi connectivity index (χ3v) is 3.18. The van der Waals surface area contributed by atoms with Crippen LogP contribution in [0.15, 0.2) is 0 Å². The van der Waals surface area contributed by atoms with E-state index in [9.17, 15) is 0 Å². The minimum Gasteiger partial charge on any atom is -0.340 e. The van der Waals surface area contributed by atoms with Crippen LogP contribution in [0, 0.1) is 5.92 Å². The minimum absolute atomic E-state index is 0.803. The molecule has 0 radical (unpaired) electrons. The van der Waals surface area contributed by atoms with Gasteiger partial charge in [-0.3, -0.25) is 0 Å². The van der Waals surface area contributed by atoms with Gasteiger partial charge in [-0.25, -0.2) is 4.68 Å². The summed E-state index contributed by atoms with van der Waals surface area (Å²) in [6.07, 6.45) is 2.44. The molecule has 2 rings (SSSR count). The van der Waals surface area contributed by atoms with Gasteiger partial charge in [-0.05, 0) is 42.3 Å². The van der Waals surface area contributed by atoms with E-state index in [-0.39, 0.29) is 0 Å². The van der Waals surface area contributed by atoms with Crippen molar-refractivity contribution in [2.75, 3.05) is 31.1 Å². The van der Waals surface area contributed by atoms with Crippen LogP contribution in [0.3, 0.4) is 0 Å². The van der Waals surface area contributed by atoms with E-state index in [1.54, 1.807) is 4.68 Å². The molecule has 0 bridgehead atoms. The van der Waals surface area contributed by atoms with Crippen molar-refractivity contribution in [2.24, 2.45) is 13.0 Å². The lowest BCUT2D eigenvalue weighted by Gasteiger charge is -2.31. The Hall–Kier alpha value is -1.17. The van der Waals surface area contributed by atoms with E-state index in [4.69, 9.17) is 0 Å². The van der Waals surface area contributed by atoms with Crippen molar-refractivity contribution in [3.8, 4) is 0 Å². The second-order valence-electron chi connectivity index (χ2n) is 4.34. The highest BCUT2D eigenvalue weighted by Gasteiger charge is 2.21. The van der Waals surface area contributed by atoms with Crippen LogP contribution in [-0.4, -0.2) is 46.4 Å². The molecule has 0 aliphatic carbocycles. The zero-order chi connectivity index (χ0) is 11.4. The molecule has 1 aromatic heterocycles. The van der Waals surface area contributed by atoms with E-state index in [1.165, 1.54) is 12.8 Å². The van der Waals surface area contributed by atoms with E-state index < -0.39 is 0 Å². The molecule has 0 amide bonds. The number of nitrogens with one attached hydrogen (secondary N) is 1. The van der Waals surface area contributed by atoms with Crippen molar-refractivity contribution in [1.82, 2.24) is 25.5 Å². The second-order valence-corrected chi connectivity index (χ2v) is 4.34. The monoisotopic (exact) mass is 224 g/mol. The smallest absolute Gasteiger partial charge is 0.245 e. The molecule has 1 aliphatic rings. The topological polar surface area (TPSA) is 58.9 Å². The lowest BCUT2D eigenvalue weighted by atomic mass is 9.97. The Bertz CT molecular complexity index is 315. The molecule has 1 N–H and O–H groups in total. The van der Waals surface area contributed by atoms with Gasteiger partial charge in [-0.1, -0.05) is 12.0 Å². The van der Waals surface area contributed by atoms with Gasteiger partial charge >= 0.3 is 0 Å². The largest absolute Gasteiger partial charge is 0.340 e. The number of hydrogen-bond donors (Lipinski definition) is 1. The van der Waals surface area contributed by atoms with Crippen LogP contribution in [0.2, 0.25) is 0 Å². The summed E-state index contributed by atoms with van der Waals surface area (Å²) in [4.78, 5) is 2.27. The van der Waals surface area contributed by atoms with Gasteiger partial charge in [0.25, 0.3) is 0 Å². The lowest BCUT2D eigenvalue weighted by molar-refractivity contribution is 0.382.